The van der Waals surface area contributed by atoms with Gasteiger partial charge in [0.2, 0.25) is 0 Å². The number of hydrogen-bond donors (Lipinski definition) is 2. The molecule has 2 aromatic heterocycles. The fourth-order valence-corrected chi connectivity index (χ4v) is 5.06. The summed E-state index contributed by atoms with van der Waals surface area (Å²) in [6, 6.07) is 8.67. The maximum absolute atomic E-state index is 14.5. The van der Waals surface area contributed by atoms with Crippen LogP contribution in [0, 0.1) is 11.7 Å². The van der Waals surface area contributed by atoms with Crippen LogP contribution in [0.5, 0.6) is 5.75 Å². The molecule has 12 heteroatoms. The van der Waals surface area contributed by atoms with Gasteiger partial charge in [0.05, 0.1) is 30.2 Å². The lowest BCUT2D eigenvalue weighted by molar-refractivity contribution is 0.0458. The molecule has 1 saturated heterocycles. The first-order valence-corrected chi connectivity index (χ1v) is 14.0. The Morgan fingerprint density at radius 3 is 2.63 bits per heavy atom. The molecule has 2 N–H and O–H groups in total. The van der Waals surface area contributed by atoms with Gasteiger partial charge in [-0.1, -0.05) is 13.8 Å². The number of pyridine rings is 1. The quantitative estimate of drug-likeness (QED) is 0.394. The van der Waals surface area contributed by atoms with Gasteiger partial charge >= 0.3 is 0 Å². The maximum atomic E-state index is 14.5. The molecule has 0 spiro atoms. The topological polar surface area (TPSA) is 127 Å². The fraction of sp³-hybridized carbons (Fsp3) is 0.423. The summed E-state index contributed by atoms with van der Waals surface area (Å²) >= 11 is 0. The molecule has 10 nitrogen and oxygen atoms in total. The zero-order valence-electron chi connectivity index (χ0n) is 21.6. The van der Waals surface area contributed by atoms with Crippen LogP contribution in [-0.2, 0) is 14.8 Å². The number of rotatable bonds is 10. The number of H-pyrrole nitrogens is 1. The van der Waals surface area contributed by atoms with Crippen LogP contribution in [0.4, 0.5) is 10.2 Å². The van der Waals surface area contributed by atoms with E-state index in [4.69, 9.17) is 14.5 Å². The highest BCUT2D eigenvalue weighted by atomic mass is 32.2. The summed E-state index contributed by atoms with van der Waals surface area (Å²) in [5.74, 6) is -0.358. The molecule has 3 aromatic rings. The number of piperidine rings is 1. The van der Waals surface area contributed by atoms with Crippen LogP contribution in [0.2, 0.25) is 0 Å². The third-order valence-electron chi connectivity index (χ3n) is 6.01. The second kappa shape index (κ2) is 11.9. The third kappa shape index (κ3) is 6.67. The fourth-order valence-electron chi connectivity index (χ4n) is 4.18. The second-order valence-electron chi connectivity index (χ2n) is 9.45. The van der Waals surface area contributed by atoms with E-state index in [-0.39, 0.29) is 22.6 Å². The van der Waals surface area contributed by atoms with Crippen molar-refractivity contribution in [1.29, 1.82) is 0 Å². The zero-order valence-corrected chi connectivity index (χ0v) is 22.4. The highest BCUT2D eigenvalue weighted by Gasteiger charge is 2.28. The maximum Gasteiger partial charge on any atom is 0.281 e. The van der Waals surface area contributed by atoms with Gasteiger partial charge in [0, 0.05) is 31.3 Å². The first-order valence-electron chi connectivity index (χ1n) is 12.5. The van der Waals surface area contributed by atoms with Gasteiger partial charge in [0.15, 0.2) is 5.03 Å². The Bertz CT molecular complexity index is 1360. The predicted molar refractivity (Wildman–Crippen MR) is 140 cm³/mol. The molecule has 38 heavy (non-hydrogen) atoms. The van der Waals surface area contributed by atoms with Crippen molar-refractivity contribution < 1.29 is 27.1 Å². The van der Waals surface area contributed by atoms with Gasteiger partial charge in [-0.15, -0.1) is 0 Å². The number of benzene rings is 1. The number of carbonyl (C=O) groups is 1. The van der Waals surface area contributed by atoms with Crippen molar-refractivity contribution >= 4 is 21.7 Å². The van der Waals surface area contributed by atoms with E-state index in [1.807, 2.05) is 25.7 Å². The summed E-state index contributed by atoms with van der Waals surface area (Å²) in [4.78, 5) is 19.8. The number of aromatic nitrogens is 3. The number of aromatic amines is 1. The van der Waals surface area contributed by atoms with E-state index in [0.717, 1.165) is 12.8 Å². The first kappa shape index (κ1) is 27.5. The van der Waals surface area contributed by atoms with Crippen LogP contribution in [0.1, 0.15) is 44.0 Å². The van der Waals surface area contributed by atoms with Crippen molar-refractivity contribution in [2.45, 2.75) is 44.7 Å². The van der Waals surface area contributed by atoms with Crippen molar-refractivity contribution in [2.75, 3.05) is 31.2 Å². The van der Waals surface area contributed by atoms with Gasteiger partial charge in [-0.2, -0.15) is 13.5 Å². The van der Waals surface area contributed by atoms with Gasteiger partial charge in [-0.05, 0) is 56.0 Å². The van der Waals surface area contributed by atoms with Crippen molar-refractivity contribution in [2.24, 2.45) is 5.92 Å². The lowest BCUT2D eigenvalue weighted by atomic mass is 10.1. The second-order valence-corrected chi connectivity index (χ2v) is 11.1. The third-order valence-corrected chi connectivity index (χ3v) is 7.27. The first-order chi connectivity index (χ1) is 18.2. The van der Waals surface area contributed by atoms with Gasteiger partial charge in [0.25, 0.3) is 15.9 Å². The van der Waals surface area contributed by atoms with E-state index < -0.39 is 21.7 Å². The van der Waals surface area contributed by atoms with Crippen molar-refractivity contribution in [3.63, 3.8) is 0 Å². The number of nitrogens with one attached hydrogen (secondary N) is 2. The number of ether oxygens (including phenoxy) is 2. The number of sulfonamides is 1. The Hall–Kier alpha value is -3.51. The minimum Gasteiger partial charge on any atom is -0.493 e. The molecule has 1 aromatic carbocycles. The molecule has 0 unspecified atom stereocenters. The lowest BCUT2D eigenvalue weighted by Gasteiger charge is -2.33. The molecule has 1 aliphatic rings. The van der Waals surface area contributed by atoms with E-state index in [1.165, 1.54) is 30.5 Å². The van der Waals surface area contributed by atoms with E-state index in [2.05, 4.69) is 14.9 Å². The summed E-state index contributed by atoms with van der Waals surface area (Å²) in [6.45, 7) is 8.09. The Morgan fingerprint density at radius 1 is 1.21 bits per heavy atom. The molecule has 0 bridgehead atoms. The van der Waals surface area contributed by atoms with Gasteiger partial charge in [0.1, 0.15) is 17.4 Å². The van der Waals surface area contributed by atoms with Crippen LogP contribution in [-0.4, -0.2) is 61.9 Å². The molecule has 0 radical (unpaired) electrons. The number of amides is 1. The average Bonchev–Trinajstić information content (AvgIpc) is 3.44. The Labute approximate surface area is 221 Å². The van der Waals surface area contributed by atoms with Crippen LogP contribution < -0.4 is 14.4 Å². The molecule has 1 fully saturated rings. The number of nitrogens with zero attached hydrogens (tertiary/aromatic N) is 3. The molecular formula is C26H32FN5O5S. The molecule has 1 amide bonds. The number of hydrogen-bond acceptors (Lipinski definition) is 8. The minimum atomic E-state index is -4.16. The molecule has 4 rings (SSSR count). The van der Waals surface area contributed by atoms with Gasteiger partial charge < -0.3 is 14.4 Å². The van der Waals surface area contributed by atoms with Crippen molar-refractivity contribution in [1.82, 2.24) is 19.9 Å². The molecule has 0 aliphatic carbocycles. The Morgan fingerprint density at radius 2 is 1.97 bits per heavy atom. The Kier molecular flexibility index (Phi) is 8.62. The van der Waals surface area contributed by atoms with E-state index in [9.17, 15) is 17.6 Å². The van der Waals surface area contributed by atoms with Crippen LogP contribution in [0.3, 0.4) is 0 Å². The summed E-state index contributed by atoms with van der Waals surface area (Å²) < 4.78 is 53.3. The monoisotopic (exact) mass is 545 g/mol. The molecule has 3 heterocycles. The summed E-state index contributed by atoms with van der Waals surface area (Å²) in [7, 11) is -4.16. The van der Waals surface area contributed by atoms with E-state index >= 15 is 0 Å². The van der Waals surface area contributed by atoms with E-state index in [0.29, 0.717) is 49.1 Å². The van der Waals surface area contributed by atoms with Crippen LogP contribution in [0.15, 0.2) is 47.6 Å². The standard InChI is InChI=1S/C26H32FN5O5S/c1-4-36-20-8-11-32(12-9-20)25-22(26(33)31-38(34,35)24-7-10-28-30-24)5-6-23(29-25)18-13-19(27)15-21(14-18)37-16-17(2)3/h5-7,10,13-15,17,20H,4,8-9,11-12,16H2,1-3H3,(H,28,30)(H,31,33). The normalized spacial score (nSPS) is 14.6. The zero-order chi connectivity index (χ0) is 27.3. The summed E-state index contributed by atoms with van der Waals surface area (Å²) in [5, 5.41) is 5.75. The van der Waals surface area contributed by atoms with Crippen molar-refractivity contribution in [3.8, 4) is 17.0 Å². The minimum absolute atomic E-state index is 0.0828. The van der Waals surface area contributed by atoms with Gasteiger partial charge in [-0.25, -0.2) is 14.1 Å². The lowest BCUT2D eigenvalue weighted by Crippen LogP contribution is -2.39. The van der Waals surface area contributed by atoms with Gasteiger partial charge in [-0.3, -0.25) is 9.89 Å². The van der Waals surface area contributed by atoms with Crippen LogP contribution >= 0.6 is 0 Å². The smallest absolute Gasteiger partial charge is 0.281 e. The van der Waals surface area contributed by atoms with E-state index in [1.54, 1.807) is 12.1 Å². The largest absolute Gasteiger partial charge is 0.493 e. The molecule has 0 saturated carbocycles. The molecule has 1 aliphatic heterocycles. The molecule has 0 atom stereocenters. The summed E-state index contributed by atoms with van der Waals surface area (Å²) in [6.07, 6.45) is 2.82. The molecular weight excluding hydrogens is 513 g/mol. The van der Waals surface area contributed by atoms with Crippen molar-refractivity contribution in [3.05, 3.63) is 54.0 Å². The highest BCUT2D eigenvalue weighted by molar-refractivity contribution is 7.90. The SMILES string of the molecule is CCOC1CCN(c2nc(-c3cc(F)cc(OCC(C)C)c3)ccc2C(=O)NS(=O)(=O)c2ccn[nH]2)CC1. The number of halogens is 1. The Balaban J connectivity index is 1.68. The predicted octanol–water partition coefficient (Wildman–Crippen LogP) is 3.77. The molecule has 204 valence electrons. The summed E-state index contributed by atoms with van der Waals surface area (Å²) in [5.41, 5.74) is 0.986. The number of carbonyl (C=O) groups excluding carboxylic acids is 1. The van der Waals surface area contributed by atoms with Crippen LogP contribution in [0.25, 0.3) is 11.3 Å². The highest BCUT2D eigenvalue weighted by Crippen LogP contribution is 2.30. The average molecular weight is 546 g/mol. The number of anilines is 1.